The van der Waals surface area contributed by atoms with E-state index in [4.69, 9.17) is 5.11 Å². The highest BCUT2D eigenvalue weighted by Gasteiger charge is 2.28. The largest absolute Gasteiger partial charge is 0.481 e. The van der Waals surface area contributed by atoms with Gasteiger partial charge in [-0.3, -0.25) is 4.79 Å². The molecular weight excluding hydrogens is 178 g/mol. The van der Waals surface area contributed by atoms with Crippen LogP contribution in [0, 0.1) is 0 Å². The Morgan fingerprint density at radius 1 is 1.50 bits per heavy atom. The van der Waals surface area contributed by atoms with Gasteiger partial charge in [-0.1, -0.05) is 18.2 Å². The Labute approximate surface area is 82.8 Å². The predicted molar refractivity (Wildman–Crippen MR) is 54.5 cm³/mol. The van der Waals surface area contributed by atoms with Gasteiger partial charge in [0.2, 0.25) is 0 Å². The highest BCUT2D eigenvalue weighted by Crippen LogP contribution is 2.33. The Kier molecular flexibility index (Phi) is 2.15. The van der Waals surface area contributed by atoms with Crippen molar-refractivity contribution in [3.63, 3.8) is 0 Å². The first-order valence-electron chi connectivity index (χ1n) is 4.76. The van der Waals surface area contributed by atoms with Crippen molar-refractivity contribution in [1.29, 1.82) is 0 Å². The van der Waals surface area contributed by atoms with Crippen LogP contribution in [-0.4, -0.2) is 17.1 Å². The lowest BCUT2D eigenvalue weighted by molar-refractivity contribution is -0.139. The molecule has 0 spiro atoms. The average Bonchev–Trinajstić information content (AvgIpc) is 2.16. The summed E-state index contributed by atoms with van der Waals surface area (Å²) in [7, 11) is 0. The molecule has 0 aromatic heterocycles. The van der Waals surface area contributed by atoms with E-state index in [1.165, 1.54) is 0 Å². The summed E-state index contributed by atoms with van der Waals surface area (Å²) in [6, 6.07) is 7.84. The van der Waals surface area contributed by atoms with Crippen LogP contribution in [0.25, 0.3) is 0 Å². The zero-order chi connectivity index (χ0) is 10.1. The topological polar surface area (TPSA) is 49.3 Å². The highest BCUT2D eigenvalue weighted by molar-refractivity contribution is 5.80. The van der Waals surface area contributed by atoms with E-state index in [9.17, 15) is 4.79 Å². The van der Waals surface area contributed by atoms with Gasteiger partial charge in [-0.25, -0.2) is 0 Å². The molecule has 1 heterocycles. The van der Waals surface area contributed by atoms with Gasteiger partial charge in [-0.15, -0.1) is 0 Å². The van der Waals surface area contributed by atoms with E-state index < -0.39 is 5.97 Å². The lowest BCUT2D eigenvalue weighted by Crippen LogP contribution is -2.29. The number of hydrogen-bond acceptors (Lipinski definition) is 2. The molecule has 1 aliphatic heterocycles. The summed E-state index contributed by atoms with van der Waals surface area (Å²) in [6.07, 6.45) is 0.659. The molecule has 74 valence electrons. The third kappa shape index (κ3) is 1.45. The molecule has 0 radical (unpaired) electrons. The van der Waals surface area contributed by atoms with E-state index >= 15 is 0 Å². The van der Waals surface area contributed by atoms with Crippen LogP contribution in [0.1, 0.15) is 24.8 Å². The molecule has 0 saturated carbocycles. The summed E-state index contributed by atoms with van der Waals surface area (Å²) in [5, 5.41) is 12.4. The zero-order valence-electron chi connectivity index (χ0n) is 8.03. The van der Waals surface area contributed by atoms with Crippen LogP contribution in [0.4, 0.5) is 5.69 Å². The standard InChI is InChI=1S/C11H13NO2/c1-7-6-9(11(13)14)8-4-2-3-5-10(8)12-7/h2-5,7,9,12H,6H2,1H3,(H,13,14)/t7-,9+/m1/s1. The highest BCUT2D eigenvalue weighted by atomic mass is 16.4. The summed E-state index contributed by atoms with van der Waals surface area (Å²) < 4.78 is 0. The number of carbonyl (C=O) groups is 1. The normalized spacial score (nSPS) is 24.9. The second-order valence-corrected chi connectivity index (χ2v) is 3.76. The number of benzene rings is 1. The van der Waals surface area contributed by atoms with E-state index in [-0.39, 0.29) is 12.0 Å². The van der Waals surface area contributed by atoms with Crippen LogP contribution in [0.3, 0.4) is 0 Å². The van der Waals surface area contributed by atoms with Gasteiger partial charge in [0, 0.05) is 11.7 Å². The van der Waals surface area contributed by atoms with E-state index in [1.807, 2.05) is 31.2 Å². The van der Waals surface area contributed by atoms with Crippen LogP contribution in [0.5, 0.6) is 0 Å². The maximum absolute atomic E-state index is 11.0. The fraction of sp³-hybridized carbons (Fsp3) is 0.364. The van der Waals surface area contributed by atoms with Crippen molar-refractivity contribution in [2.75, 3.05) is 5.32 Å². The fourth-order valence-electron chi connectivity index (χ4n) is 1.97. The van der Waals surface area contributed by atoms with Gasteiger partial charge < -0.3 is 10.4 Å². The number of nitrogens with one attached hydrogen (secondary N) is 1. The molecule has 2 atom stereocenters. The molecule has 0 saturated heterocycles. The minimum Gasteiger partial charge on any atom is -0.481 e. The molecule has 0 aliphatic carbocycles. The molecule has 1 aromatic carbocycles. The van der Waals surface area contributed by atoms with Gasteiger partial charge in [-0.2, -0.15) is 0 Å². The lowest BCUT2D eigenvalue weighted by atomic mass is 9.88. The Morgan fingerprint density at radius 3 is 2.93 bits per heavy atom. The number of para-hydroxylation sites is 1. The third-order valence-electron chi connectivity index (χ3n) is 2.63. The van der Waals surface area contributed by atoms with Crippen LogP contribution < -0.4 is 5.32 Å². The average molecular weight is 191 g/mol. The SMILES string of the molecule is C[C@@H]1C[C@H](C(=O)O)c2ccccc2N1. The van der Waals surface area contributed by atoms with Crippen LogP contribution in [0.2, 0.25) is 0 Å². The van der Waals surface area contributed by atoms with Crippen LogP contribution >= 0.6 is 0 Å². The molecule has 14 heavy (non-hydrogen) atoms. The van der Waals surface area contributed by atoms with Gasteiger partial charge in [-0.05, 0) is 25.0 Å². The lowest BCUT2D eigenvalue weighted by Gasteiger charge is -2.28. The smallest absolute Gasteiger partial charge is 0.311 e. The van der Waals surface area contributed by atoms with Crippen molar-refractivity contribution >= 4 is 11.7 Å². The quantitative estimate of drug-likeness (QED) is 0.714. The molecule has 2 rings (SSSR count). The number of anilines is 1. The summed E-state index contributed by atoms with van der Waals surface area (Å²) in [6.45, 7) is 2.01. The summed E-state index contributed by atoms with van der Waals surface area (Å²) >= 11 is 0. The second-order valence-electron chi connectivity index (χ2n) is 3.76. The third-order valence-corrected chi connectivity index (χ3v) is 2.63. The maximum Gasteiger partial charge on any atom is 0.311 e. The summed E-state index contributed by atoms with van der Waals surface area (Å²) in [4.78, 5) is 11.0. The van der Waals surface area contributed by atoms with Crippen LogP contribution in [0.15, 0.2) is 24.3 Å². The van der Waals surface area contributed by atoms with Crippen molar-refractivity contribution in [1.82, 2.24) is 0 Å². The molecule has 1 aromatic rings. The Balaban J connectivity index is 2.43. The van der Waals surface area contributed by atoms with E-state index in [1.54, 1.807) is 0 Å². The zero-order valence-corrected chi connectivity index (χ0v) is 8.03. The summed E-state index contributed by atoms with van der Waals surface area (Å²) in [5.41, 5.74) is 1.86. The summed E-state index contributed by atoms with van der Waals surface area (Å²) in [5.74, 6) is -1.09. The van der Waals surface area contributed by atoms with Crippen molar-refractivity contribution < 1.29 is 9.90 Å². The molecule has 0 amide bonds. The van der Waals surface area contributed by atoms with Gasteiger partial charge in [0.25, 0.3) is 0 Å². The van der Waals surface area contributed by atoms with Crippen molar-refractivity contribution in [3.8, 4) is 0 Å². The number of hydrogen-bond donors (Lipinski definition) is 2. The van der Waals surface area contributed by atoms with Crippen molar-refractivity contribution in [3.05, 3.63) is 29.8 Å². The number of rotatable bonds is 1. The first-order chi connectivity index (χ1) is 6.68. The number of carboxylic acids is 1. The second kappa shape index (κ2) is 3.33. The first-order valence-corrected chi connectivity index (χ1v) is 4.76. The maximum atomic E-state index is 11.0. The Hall–Kier alpha value is -1.51. The van der Waals surface area contributed by atoms with Crippen molar-refractivity contribution in [2.45, 2.75) is 25.3 Å². The van der Waals surface area contributed by atoms with Gasteiger partial charge >= 0.3 is 5.97 Å². The molecule has 0 unspecified atom stereocenters. The molecule has 3 nitrogen and oxygen atoms in total. The van der Waals surface area contributed by atoms with E-state index in [0.29, 0.717) is 6.42 Å². The number of fused-ring (bicyclic) bond motifs is 1. The van der Waals surface area contributed by atoms with Crippen LogP contribution in [-0.2, 0) is 4.79 Å². The van der Waals surface area contributed by atoms with E-state index in [0.717, 1.165) is 11.3 Å². The predicted octanol–water partition coefficient (Wildman–Crippen LogP) is 2.06. The minimum absolute atomic E-state index is 0.228. The molecular formula is C11H13NO2. The fourth-order valence-corrected chi connectivity index (χ4v) is 1.97. The Bertz CT molecular complexity index is 362. The molecule has 1 aliphatic rings. The molecule has 0 fully saturated rings. The molecule has 3 heteroatoms. The monoisotopic (exact) mass is 191 g/mol. The van der Waals surface area contributed by atoms with Gasteiger partial charge in [0.15, 0.2) is 0 Å². The molecule has 2 N–H and O–H groups in total. The number of carboxylic acid groups (broad SMARTS) is 1. The van der Waals surface area contributed by atoms with E-state index in [2.05, 4.69) is 5.32 Å². The minimum atomic E-state index is -0.731. The van der Waals surface area contributed by atoms with Gasteiger partial charge in [0.1, 0.15) is 0 Å². The first kappa shape index (κ1) is 9.06. The van der Waals surface area contributed by atoms with Crippen molar-refractivity contribution in [2.24, 2.45) is 0 Å². The van der Waals surface area contributed by atoms with Gasteiger partial charge in [0.05, 0.1) is 5.92 Å². The number of aliphatic carboxylic acids is 1. The molecule has 0 bridgehead atoms. The Morgan fingerprint density at radius 2 is 2.21 bits per heavy atom.